The van der Waals surface area contributed by atoms with Crippen molar-refractivity contribution < 1.29 is 23.8 Å². The van der Waals surface area contributed by atoms with Crippen LogP contribution in [0.5, 0.6) is 5.75 Å². The Labute approximate surface area is 203 Å². The number of para-hydroxylation sites is 2. The lowest BCUT2D eigenvalue weighted by molar-refractivity contribution is -0.132. The first-order valence-electron chi connectivity index (χ1n) is 11.3. The fourth-order valence-corrected chi connectivity index (χ4v) is 4.86. The third-order valence-electron chi connectivity index (χ3n) is 6.41. The quantitative estimate of drug-likeness (QED) is 0.574. The molecule has 4 aliphatic rings. The van der Waals surface area contributed by atoms with Gasteiger partial charge in [0.1, 0.15) is 11.7 Å². The van der Waals surface area contributed by atoms with Crippen molar-refractivity contribution in [1.29, 1.82) is 0 Å². The molecule has 0 saturated carbocycles. The maximum atomic E-state index is 13.0. The van der Waals surface area contributed by atoms with Crippen LogP contribution in [0.1, 0.15) is 12.8 Å². The molecule has 0 N–H and O–H groups in total. The van der Waals surface area contributed by atoms with E-state index in [1.54, 1.807) is 19.3 Å². The summed E-state index contributed by atoms with van der Waals surface area (Å²) in [6.45, 7) is 3.28. The molecule has 1 atom stereocenters. The third-order valence-corrected chi connectivity index (χ3v) is 6.72. The molecule has 0 radical (unpaired) electrons. The molecule has 1 aromatic carbocycles. The first-order valence-corrected chi connectivity index (χ1v) is 11.7. The zero-order chi connectivity index (χ0) is 23.7. The van der Waals surface area contributed by atoms with E-state index in [1.807, 2.05) is 29.2 Å². The molecule has 0 bridgehead atoms. The predicted octanol–water partition coefficient (Wildman–Crippen LogP) is 2.09. The van der Waals surface area contributed by atoms with Gasteiger partial charge in [-0.1, -0.05) is 12.1 Å². The number of piperazine rings is 1. The van der Waals surface area contributed by atoms with Crippen LogP contribution in [0.4, 0.5) is 5.69 Å². The molecule has 10 heteroatoms. The van der Waals surface area contributed by atoms with Crippen molar-refractivity contribution in [1.82, 2.24) is 9.80 Å². The average Bonchev–Trinajstić information content (AvgIpc) is 3.32. The standard InChI is InChI=1S/C24H26N4O5S/c1-31-19-6-3-2-5-18(19)26-9-11-27(12-10-26)22(29)7-4-8-28-23(30)16-13-20-21(33-15-32-20)14-17(16)25-24(28)34/h2-3,5-6,13-14,16H,4,7-12,15H2,1H3. The number of fused-ring (bicyclic) bond motifs is 2. The number of aliphatic imine (C=N–C) groups is 1. The number of ether oxygens (including phenoxy) is 3. The number of hydrogen-bond donors (Lipinski definition) is 0. The molecule has 0 spiro atoms. The minimum Gasteiger partial charge on any atom is -0.495 e. The summed E-state index contributed by atoms with van der Waals surface area (Å²) >= 11 is 5.36. The SMILES string of the molecule is COc1ccccc1N1CCN(C(=O)CCCN2C(=O)C3C=C4OCOC4=CC3=NC2=S)CC1. The van der Waals surface area contributed by atoms with E-state index in [4.69, 9.17) is 26.4 Å². The van der Waals surface area contributed by atoms with Gasteiger partial charge in [-0.25, -0.2) is 4.99 Å². The highest BCUT2D eigenvalue weighted by atomic mass is 32.1. The molecule has 2 saturated heterocycles. The smallest absolute Gasteiger partial charge is 0.241 e. The molecular formula is C24H26N4O5S. The Morgan fingerprint density at radius 3 is 2.74 bits per heavy atom. The summed E-state index contributed by atoms with van der Waals surface area (Å²) < 4.78 is 16.2. The lowest BCUT2D eigenvalue weighted by atomic mass is 9.94. The van der Waals surface area contributed by atoms with Crippen LogP contribution in [0, 0.1) is 5.92 Å². The molecule has 178 valence electrons. The van der Waals surface area contributed by atoms with Crippen LogP contribution in [0.2, 0.25) is 0 Å². The van der Waals surface area contributed by atoms with E-state index in [2.05, 4.69) is 9.89 Å². The second-order valence-electron chi connectivity index (χ2n) is 8.38. The highest BCUT2D eigenvalue weighted by Crippen LogP contribution is 2.31. The summed E-state index contributed by atoms with van der Waals surface area (Å²) in [6.07, 6.45) is 4.31. The van der Waals surface area contributed by atoms with Gasteiger partial charge in [-0.15, -0.1) is 0 Å². The van der Waals surface area contributed by atoms with Gasteiger partial charge in [0.25, 0.3) is 0 Å². The number of thiocarbonyl (C=S) groups is 1. The minimum atomic E-state index is -0.536. The van der Waals surface area contributed by atoms with Crippen LogP contribution >= 0.6 is 12.2 Å². The summed E-state index contributed by atoms with van der Waals surface area (Å²) in [4.78, 5) is 35.9. The Hall–Kier alpha value is -3.40. The minimum absolute atomic E-state index is 0.0862. The number of benzene rings is 1. The van der Waals surface area contributed by atoms with Gasteiger partial charge in [-0.2, -0.15) is 0 Å². The summed E-state index contributed by atoms with van der Waals surface area (Å²) in [5.74, 6) is 1.38. The van der Waals surface area contributed by atoms with Crippen molar-refractivity contribution in [3.63, 3.8) is 0 Å². The molecule has 34 heavy (non-hydrogen) atoms. The molecule has 3 heterocycles. The van der Waals surface area contributed by atoms with Crippen LogP contribution < -0.4 is 9.64 Å². The normalized spacial score (nSPS) is 21.6. The Bertz CT molecular complexity index is 1110. The maximum absolute atomic E-state index is 13.0. The van der Waals surface area contributed by atoms with Crippen LogP contribution in [0.25, 0.3) is 0 Å². The number of allylic oxidation sites excluding steroid dienone is 1. The van der Waals surface area contributed by atoms with E-state index in [0.29, 0.717) is 49.7 Å². The monoisotopic (exact) mass is 482 g/mol. The van der Waals surface area contributed by atoms with Crippen molar-refractivity contribution in [2.75, 3.05) is 51.5 Å². The van der Waals surface area contributed by atoms with Crippen molar-refractivity contribution in [2.24, 2.45) is 10.9 Å². The Balaban J connectivity index is 1.13. The second-order valence-corrected chi connectivity index (χ2v) is 8.74. The van der Waals surface area contributed by atoms with E-state index >= 15 is 0 Å². The van der Waals surface area contributed by atoms with Gasteiger partial charge in [0.2, 0.25) is 23.7 Å². The van der Waals surface area contributed by atoms with Crippen molar-refractivity contribution in [2.45, 2.75) is 12.8 Å². The van der Waals surface area contributed by atoms with Gasteiger partial charge in [-0.05, 0) is 36.8 Å². The van der Waals surface area contributed by atoms with E-state index in [0.717, 1.165) is 24.5 Å². The molecule has 1 aliphatic carbocycles. The Kier molecular flexibility index (Phi) is 6.23. The zero-order valence-corrected chi connectivity index (χ0v) is 19.8. The molecular weight excluding hydrogens is 456 g/mol. The van der Waals surface area contributed by atoms with E-state index in [9.17, 15) is 9.59 Å². The summed E-state index contributed by atoms with van der Waals surface area (Å²) in [5, 5.41) is 0.224. The van der Waals surface area contributed by atoms with E-state index in [1.165, 1.54) is 4.90 Å². The topological polar surface area (TPSA) is 83.9 Å². The second kappa shape index (κ2) is 9.46. The number of nitrogens with zero attached hydrogens (tertiary/aromatic N) is 4. The first-order chi connectivity index (χ1) is 16.5. The molecule has 2 fully saturated rings. The molecule has 9 nitrogen and oxygen atoms in total. The highest BCUT2D eigenvalue weighted by Gasteiger charge is 2.38. The van der Waals surface area contributed by atoms with Crippen molar-refractivity contribution in [3.05, 3.63) is 47.9 Å². The lowest BCUT2D eigenvalue weighted by Crippen LogP contribution is -2.49. The molecule has 0 aromatic heterocycles. The van der Waals surface area contributed by atoms with Crippen LogP contribution in [-0.2, 0) is 19.1 Å². The van der Waals surface area contributed by atoms with Crippen molar-refractivity contribution >= 4 is 40.5 Å². The van der Waals surface area contributed by atoms with Crippen molar-refractivity contribution in [3.8, 4) is 5.75 Å². The van der Waals surface area contributed by atoms with Gasteiger partial charge in [0.05, 0.1) is 18.5 Å². The van der Waals surface area contributed by atoms with Gasteiger partial charge in [0.15, 0.2) is 11.5 Å². The van der Waals surface area contributed by atoms with Gasteiger partial charge in [-0.3, -0.25) is 14.5 Å². The van der Waals surface area contributed by atoms with Gasteiger partial charge >= 0.3 is 0 Å². The Morgan fingerprint density at radius 2 is 1.94 bits per heavy atom. The maximum Gasteiger partial charge on any atom is 0.241 e. The summed E-state index contributed by atoms with van der Waals surface area (Å²) in [7, 11) is 1.67. The number of carbonyl (C=O) groups excluding carboxylic acids is 2. The van der Waals surface area contributed by atoms with Gasteiger partial charge < -0.3 is 24.0 Å². The van der Waals surface area contributed by atoms with Crippen LogP contribution in [0.15, 0.2) is 52.9 Å². The lowest BCUT2D eigenvalue weighted by Gasteiger charge is -2.37. The zero-order valence-electron chi connectivity index (χ0n) is 18.9. The van der Waals surface area contributed by atoms with E-state index in [-0.39, 0.29) is 23.7 Å². The first kappa shape index (κ1) is 22.4. The molecule has 1 aromatic rings. The molecule has 5 rings (SSSR count). The molecule has 2 amide bonds. The highest BCUT2D eigenvalue weighted by molar-refractivity contribution is 7.80. The fourth-order valence-electron chi connectivity index (χ4n) is 4.58. The number of anilines is 1. The summed E-state index contributed by atoms with van der Waals surface area (Å²) in [5.41, 5.74) is 1.61. The number of rotatable bonds is 6. The van der Waals surface area contributed by atoms with Gasteiger partial charge in [0, 0.05) is 45.2 Å². The molecule has 3 aliphatic heterocycles. The number of carbonyl (C=O) groups is 2. The molecule has 1 unspecified atom stereocenters. The van der Waals surface area contributed by atoms with E-state index < -0.39 is 5.92 Å². The third kappa shape index (κ3) is 4.25. The number of methoxy groups -OCH3 is 1. The number of amides is 2. The largest absolute Gasteiger partial charge is 0.495 e. The van der Waals surface area contributed by atoms with Crippen LogP contribution in [-0.4, -0.2) is 79.1 Å². The number of hydrogen-bond acceptors (Lipinski definition) is 7. The average molecular weight is 483 g/mol. The predicted molar refractivity (Wildman–Crippen MR) is 129 cm³/mol. The fraction of sp³-hybridized carbons (Fsp3) is 0.417. The van der Waals surface area contributed by atoms with Crippen LogP contribution in [0.3, 0.4) is 0 Å². The summed E-state index contributed by atoms with van der Waals surface area (Å²) in [6, 6.07) is 7.92. The Morgan fingerprint density at radius 1 is 1.18 bits per heavy atom.